The molecule has 4 rings (SSSR count). The Bertz CT molecular complexity index is 787. The van der Waals surface area contributed by atoms with Crippen molar-refractivity contribution in [3.05, 3.63) is 60.2 Å². The number of benzene rings is 2. The highest BCUT2D eigenvalue weighted by molar-refractivity contribution is 6.02. The van der Waals surface area contributed by atoms with Gasteiger partial charge in [-0.05, 0) is 36.5 Å². The molecule has 5 nitrogen and oxygen atoms in total. The zero-order valence-corrected chi connectivity index (χ0v) is 13.9. The Hall–Kier alpha value is -2.82. The lowest BCUT2D eigenvalue weighted by Crippen LogP contribution is -2.46. The summed E-state index contributed by atoms with van der Waals surface area (Å²) >= 11 is 0. The van der Waals surface area contributed by atoms with Gasteiger partial charge in [-0.3, -0.25) is 14.5 Å². The van der Waals surface area contributed by atoms with Crippen molar-refractivity contribution in [3.8, 4) is 5.75 Å². The van der Waals surface area contributed by atoms with Crippen LogP contribution in [0.4, 0.5) is 5.69 Å². The van der Waals surface area contributed by atoms with Crippen molar-refractivity contribution in [2.24, 2.45) is 5.92 Å². The number of carbonyl (C=O) groups excluding carboxylic acids is 2. The first kappa shape index (κ1) is 15.7. The largest absolute Gasteiger partial charge is 0.482 e. The second-order valence-corrected chi connectivity index (χ2v) is 6.53. The Morgan fingerprint density at radius 3 is 2.60 bits per heavy atom. The predicted molar refractivity (Wildman–Crippen MR) is 94.3 cm³/mol. The molecule has 1 aliphatic carbocycles. The highest BCUT2D eigenvalue weighted by Gasteiger charge is 2.34. The van der Waals surface area contributed by atoms with Gasteiger partial charge in [-0.2, -0.15) is 0 Å². The van der Waals surface area contributed by atoms with Crippen LogP contribution in [0, 0.1) is 5.92 Å². The fourth-order valence-electron chi connectivity index (χ4n) is 3.25. The second-order valence-electron chi connectivity index (χ2n) is 6.53. The van der Waals surface area contributed by atoms with Crippen LogP contribution < -0.4 is 15.0 Å². The minimum absolute atomic E-state index is 0.00919. The van der Waals surface area contributed by atoms with E-state index in [2.05, 4.69) is 5.32 Å². The quantitative estimate of drug-likeness (QED) is 0.913. The van der Waals surface area contributed by atoms with Crippen LogP contribution in [0.1, 0.15) is 24.4 Å². The summed E-state index contributed by atoms with van der Waals surface area (Å²) in [5, 5.41) is 3.12. The van der Waals surface area contributed by atoms with E-state index in [0.717, 1.165) is 18.4 Å². The van der Waals surface area contributed by atoms with Gasteiger partial charge in [0.25, 0.3) is 5.91 Å². The summed E-state index contributed by atoms with van der Waals surface area (Å²) < 4.78 is 5.42. The van der Waals surface area contributed by atoms with E-state index < -0.39 is 0 Å². The third kappa shape index (κ3) is 3.36. The van der Waals surface area contributed by atoms with E-state index in [-0.39, 0.29) is 31.0 Å². The maximum atomic E-state index is 12.6. The van der Waals surface area contributed by atoms with Gasteiger partial charge < -0.3 is 10.1 Å². The smallest absolute Gasteiger partial charge is 0.265 e. The molecule has 1 N–H and O–H groups in total. The van der Waals surface area contributed by atoms with Crippen LogP contribution in [0.2, 0.25) is 0 Å². The Morgan fingerprint density at radius 2 is 1.84 bits per heavy atom. The van der Waals surface area contributed by atoms with Crippen molar-refractivity contribution in [1.82, 2.24) is 5.32 Å². The highest BCUT2D eigenvalue weighted by atomic mass is 16.5. The molecule has 2 aromatic carbocycles. The average Bonchev–Trinajstić information content (AvgIpc) is 3.48. The van der Waals surface area contributed by atoms with Crippen LogP contribution in [-0.4, -0.2) is 25.0 Å². The number of rotatable bonds is 5. The molecule has 1 aliphatic heterocycles. The fraction of sp³-hybridized carbons (Fsp3) is 0.300. The van der Waals surface area contributed by atoms with Crippen molar-refractivity contribution in [1.29, 1.82) is 0 Å². The third-order valence-corrected chi connectivity index (χ3v) is 4.68. The maximum Gasteiger partial charge on any atom is 0.265 e. The summed E-state index contributed by atoms with van der Waals surface area (Å²) in [5.41, 5.74) is 1.77. The van der Waals surface area contributed by atoms with Gasteiger partial charge in [-0.15, -0.1) is 0 Å². The molecule has 128 valence electrons. The molecule has 1 unspecified atom stereocenters. The van der Waals surface area contributed by atoms with Gasteiger partial charge in [-0.1, -0.05) is 42.5 Å². The Balaban J connectivity index is 1.49. The van der Waals surface area contributed by atoms with Crippen molar-refractivity contribution in [3.63, 3.8) is 0 Å². The topological polar surface area (TPSA) is 58.6 Å². The fourth-order valence-corrected chi connectivity index (χ4v) is 3.25. The SMILES string of the molecule is O=C(CN1C(=O)COc2ccccc21)NC(c1ccccc1)C1CC1. The number of hydrogen-bond acceptors (Lipinski definition) is 3. The number of nitrogens with zero attached hydrogens (tertiary/aromatic N) is 1. The van der Waals surface area contributed by atoms with Gasteiger partial charge in [0.15, 0.2) is 6.61 Å². The molecule has 2 aliphatic rings. The van der Waals surface area contributed by atoms with Gasteiger partial charge in [0.05, 0.1) is 11.7 Å². The minimum Gasteiger partial charge on any atom is -0.482 e. The summed E-state index contributed by atoms with van der Waals surface area (Å²) in [7, 11) is 0. The van der Waals surface area contributed by atoms with E-state index in [9.17, 15) is 9.59 Å². The number of ether oxygens (including phenoxy) is 1. The molecule has 1 fully saturated rings. The minimum atomic E-state index is -0.198. The Morgan fingerprint density at radius 1 is 1.12 bits per heavy atom. The third-order valence-electron chi connectivity index (χ3n) is 4.68. The molecular formula is C20H20N2O3. The van der Waals surface area contributed by atoms with Crippen LogP contribution in [0.5, 0.6) is 5.75 Å². The standard InChI is InChI=1S/C20H20N2O3/c23-18(21-20(15-10-11-15)14-6-2-1-3-7-14)12-22-16-8-4-5-9-17(16)25-13-19(22)24/h1-9,15,20H,10-13H2,(H,21,23). The molecule has 1 atom stereocenters. The number of nitrogens with one attached hydrogen (secondary N) is 1. The number of para-hydroxylation sites is 2. The molecule has 2 amide bonds. The molecule has 5 heteroatoms. The van der Waals surface area contributed by atoms with Gasteiger partial charge in [0.2, 0.25) is 5.91 Å². The van der Waals surface area contributed by atoms with Gasteiger partial charge >= 0.3 is 0 Å². The predicted octanol–water partition coefficient (Wildman–Crippen LogP) is 2.68. The number of amides is 2. The first-order chi connectivity index (χ1) is 12.2. The van der Waals surface area contributed by atoms with Crippen molar-refractivity contribution >= 4 is 17.5 Å². The maximum absolute atomic E-state index is 12.6. The van der Waals surface area contributed by atoms with Crippen LogP contribution in [0.15, 0.2) is 54.6 Å². The zero-order chi connectivity index (χ0) is 17.2. The van der Waals surface area contributed by atoms with Crippen LogP contribution >= 0.6 is 0 Å². The number of carbonyl (C=O) groups is 2. The molecule has 0 aromatic heterocycles. The number of fused-ring (bicyclic) bond motifs is 1. The lowest BCUT2D eigenvalue weighted by molar-refractivity contribution is -0.125. The van der Waals surface area contributed by atoms with Crippen molar-refractivity contribution in [2.45, 2.75) is 18.9 Å². The summed E-state index contributed by atoms with van der Waals surface area (Å²) in [6.07, 6.45) is 2.25. The van der Waals surface area contributed by atoms with Gasteiger partial charge in [0, 0.05) is 0 Å². The van der Waals surface area contributed by atoms with E-state index in [1.165, 1.54) is 4.90 Å². The van der Waals surface area contributed by atoms with E-state index in [1.54, 1.807) is 6.07 Å². The lowest BCUT2D eigenvalue weighted by atomic mass is 10.0. The van der Waals surface area contributed by atoms with Crippen molar-refractivity contribution in [2.75, 3.05) is 18.1 Å². The Kier molecular flexibility index (Phi) is 4.14. The van der Waals surface area contributed by atoms with E-state index in [4.69, 9.17) is 4.74 Å². The summed E-state index contributed by atoms with van der Waals surface area (Å²) in [5.74, 6) is 0.776. The molecule has 0 radical (unpaired) electrons. The molecule has 25 heavy (non-hydrogen) atoms. The molecule has 0 saturated heterocycles. The number of hydrogen-bond donors (Lipinski definition) is 1. The molecular weight excluding hydrogens is 316 g/mol. The van der Waals surface area contributed by atoms with Gasteiger partial charge in [-0.25, -0.2) is 0 Å². The average molecular weight is 336 g/mol. The van der Waals surface area contributed by atoms with E-state index in [0.29, 0.717) is 17.4 Å². The molecule has 1 heterocycles. The summed E-state index contributed by atoms with van der Waals surface area (Å²) in [6.45, 7) is -0.0235. The van der Waals surface area contributed by atoms with Crippen LogP contribution in [0.3, 0.4) is 0 Å². The highest BCUT2D eigenvalue weighted by Crippen LogP contribution is 2.41. The van der Waals surface area contributed by atoms with Crippen LogP contribution in [-0.2, 0) is 9.59 Å². The molecule has 0 bridgehead atoms. The first-order valence-electron chi connectivity index (χ1n) is 8.59. The summed E-state index contributed by atoms with van der Waals surface area (Å²) in [4.78, 5) is 26.4. The monoisotopic (exact) mass is 336 g/mol. The number of anilines is 1. The molecule has 1 saturated carbocycles. The van der Waals surface area contributed by atoms with Gasteiger partial charge in [0.1, 0.15) is 12.3 Å². The van der Waals surface area contributed by atoms with E-state index in [1.807, 2.05) is 48.5 Å². The zero-order valence-electron chi connectivity index (χ0n) is 13.9. The second kappa shape index (κ2) is 6.59. The van der Waals surface area contributed by atoms with Crippen molar-refractivity contribution < 1.29 is 14.3 Å². The Labute approximate surface area is 146 Å². The lowest BCUT2D eigenvalue weighted by Gasteiger charge is -2.29. The molecule has 2 aromatic rings. The normalized spacial score (nSPS) is 17.4. The first-order valence-corrected chi connectivity index (χ1v) is 8.59. The summed E-state index contributed by atoms with van der Waals surface area (Å²) in [6, 6.07) is 17.3. The van der Waals surface area contributed by atoms with Crippen LogP contribution in [0.25, 0.3) is 0 Å². The van der Waals surface area contributed by atoms with E-state index >= 15 is 0 Å². The molecule has 0 spiro atoms.